The second kappa shape index (κ2) is 13.9. The van der Waals surface area contributed by atoms with E-state index in [-0.39, 0.29) is 32.4 Å². The van der Waals surface area contributed by atoms with E-state index in [1.165, 1.54) is 4.90 Å². The van der Waals surface area contributed by atoms with Gasteiger partial charge in [-0.15, -0.1) is 0 Å². The Morgan fingerprint density at radius 3 is 2.56 bits per heavy atom. The molecule has 2 fully saturated rings. The van der Waals surface area contributed by atoms with Crippen molar-refractivity contribution in [3.8, 4) is 0 Å². The average molecular weight is 590 g/mol. The molecule has 2 amide bonds. The Hall–Kier alpha value is -2.79. The number of carbonyl (C=O) groups is 3. The van der Waals surface area contributed by atoms with Crippen LogP contribution in [0.3, 0.4) is 0 Å². The van der Waals surface area contributed by atoms with Crippen LogP contribution in [0.2, 0.25) is 0 Å². The van der Waals surface area contributed by atoms with Crippen LogP contribution in [0.25, 0.3) is 0 Å². The summed E-state index contributed by atoms with van der Waals surface area (Å²) in [5.41, 5.74) is 6.83. The number of unbranched alkanes of at least 4 members (excludes halogenated alkanes) is 1. The molecule has 2 aliphatic rings. The van der Waals surface area contributed by atoms with Crippen molar-refractivity contribution < 1.29 is 58.2 Å². The largest absolute Gasteiger partial charge is 0.459 e. The number of alkyl halides is 2. The first-order chi connectivity index (χ1) is 19.3. The Morgan fingerprint density at radius 1 is 1.22 bits per heavy atom. The fourth-order valence-corrected chi connectivity index (χ4v) is 4.83. The zero-order valence-corrected chi connectivity index (χ0v) is 22.3. The molecule has 0 aliphatic carbocycles. The maximum atomic E-state index is 14.7. The second-order valence-corrected chi connectivity index (χ2v) is 10.2. The van der Waals surface area contributed by atoms with E-state index in [1.54, 1.807) is 0 Å². The van der Waals surface area contributed by atoms with Gasteiger partial charge in [-0.25, -0.2) is 4.79 Å². The van der Waals surface area contributed by atoms with Gasteiger partial charge in [0.05, 0.1) is 12.6 Å². The number of nitrogens with one attached hydrogen (secondary N) is 1. The maximum Gasteiger partial charge on any atom is 0.379 e. The van der Waals surface area contributed by atoms with Gasteiger partial charge in [0.2, 0.25) is 5.91 Å². The third-order valence-corrected chi connectivity index (χ3v) is 7.25. The van der Waals surface area contributed by atoms with Crippen LogP contribution >= 0.6 is 0 Å². The summed E-state index contributed by atoms with van der Waals surface area (Å²) in [5.74, 6) is -11.6. The zero-order valence-electron chi connectivity index (χ0n) is 22.3. The summed E-state index contributed by atoms with van der Waals surface area (Å²) in [4.78, 5) is 39.0. The fourth-order valence-electron chi connectivity index (χ4n) is 4.83. The molecule has 2 heterocycles. The molecular weight excluding hydrogens is 552 g/mol. The highest BCUT2D eigenvalue weighted by atomic mass is 19.3. The number of hydrogen-bond acceptors (Lipinski definition) is 11. The third-order valence-electron chi connectivity index (χ3n) is 7.25. The van der Waals surface area contributed by atoms with Gasteiger partial charge in [-0.1, -0.05) is 30.3 Å². The Morgan fingerprint density at radius 2 is 1.90 bits per heavy atom. The summed E-state index contributed by atoms with van der Waals surface area (Å²) < 4.78 is 39.4. The van der Waals surface area contributed by atoms with E-state index in [4.69, 9.17) is 15.6 Å². The van der Waals surface area contributed by atoms with E-state index in [0.717, 1.165) is 5.56 Å². The van der Waals surface area contributed by atoms with Crippen molar-refractivity contribution in [1.29, 1.82) is 0 Å². The molecule has 8 N–H and O–H groups in total. The van der Waals surface area contributed by atoms with E-state index < -0.39 is 72.6 Å². The van der Waals surface area contributed by atoms with Gasteiger partial charge in [0, 0.05) is 13.1 Å². The van der Waals surface area contributed by atoms with Crippen molar-refractivity contribution in [3.05, 3.63) is 35.9 Å². The number of rotatable bonds is 13. The number of aliphatic hydroxyl groups excluding tert-OH is 4. The number of halogens is 2. The van der Waals surface area contributed by atoms with Crippen molar-refractivity contribution >= 4 is 17.8 Å². The number of esters is 1. The first-order valence-electron chi connectivity index (χ1n) is 13.3. The molecule has 230 valence electrons. The molecule has 0 bridgehead atoms. The maximum absolute atomic E-state index is 14.7. The number of likely N-dealkylation sites (tertiary alicyclic amines) is 1. The molecule has 0 saturated carbocycles. The molecule has 41 heavy (non-hydrogen) atoms. The number of nitrogens with zero attached hydrogens (tertiary/aromatic N) is 1. The average Bonchev–Trinajstić information content (AvgIpc) is 3.55. The van der Waals surface area contributed by atoms with E-state index in [0.29, 0.717) is 19.4 Å². The van der Waals surface area contributed by atoms with Crippen LogP contribution in [0.4, 0.5) is 8.78 Å². The lowest BCUT2D eigenvalue weighted by Crippen LogP contribution is -2.63. The van der Waals surface area contributed by atoms with E-state index in [2.05, 4.69) is 4.74 Å². The fraction of sp³-hybridized carbons (Fsp3) is 0.654. The first-order valence-corrected chi connectivity index (χ1v) is 13.3. The molecule has 0 aromatic heterocycles. The summed E-state index contributed by atoms with van der Waals surface area (Å²) in [7, 11) is 0. The van der Waals surface area contributed by atoms with E-state index in [1.807, 2.05) is 35.6 Å². The molecule has 1 aromatic rings. The SMILES string of the molecule is N[C@@H](CCCCNC(=O)C(F)(F)[C@]1(O)O[C@@H]([C@@H](O)CO)[C@@H](O)[C@H]1O)C(=O)N1CCC[C@H]1C(=O)OCc1ccccc1. The number of carbonyl (C=O) groups excluding carboxylic acids is 3. The number of ether oxygens (including phenoxy) is 2. The number of benzene rings is 1. The molecule has 3 rings (SSSR count). The molecule has 13 nitrogen and oxygen atoms in total. The highest BCUT2D eigenvalue weighted by Gasteiger charge is 2.71. The Kier molecular flexibility index (Phi) is 11.1. The molecule has 0 spiro atoms. The minimum absolute atomic E-state index is 0.0727. The van der Waals surface area contributed by atoms with Crippen LogP contribution in [-0.4, -0.2) is 116 Å². The van der Waals surface area contributed by atoms with Crippen molar-refractivity contribution in [2.24, 2.45) is 5.73 Å². The summed E-state index contributed by atoms with van der Waals surface area (Å²) in [6.07, 6.45) is -7.23. The van der Waals surface area contributed by atoms with E-state index in [9.17, 15) is 43.6 Å². The van der Waals surface area contributed by atoms with Gasteiger partial charge in [0.15, 0.2) is 0 Å². The highest BCUT2D eigenvalue weighted by molar-refractivity contribution is 5.88. The van der Waals surface area contributed by atoms with Gasteiger partial charge in [0.25, 0.3) is 11.7 Å². The Balaban J connectivity index is 1.43. The number of amides is 2. The van der Waals surface area contributed by atoms with E-state index >= 15 is 0 Å². The molecule has 1 aromatic carbocycles. The van der Waals surface area contributed by atoms with Crippen LogP contribution in [-0.2, 0) is 30.5 Å². The normalized spacial score (nSPS) is 27.9. The highest BCUT2D eigenvalue weighted by Crippen LogP contribution is 2.42. The molecule has 15 heteroatoms. The van der Waals surface area contributed by atoms with Crippen LogP contribution in [0.5, 0.6) is 0 Å². The summed E-state index contributed by atoms with van der Waals surface area (Å²) in [5, 5.41) is 50.4. The van der Waals surface area contributed by atoms with Crippen molar-refractivity contribution in [2.75, 3.05) is 19.7 Å². The zero-order chi connectivity index (χ0) is 30.4. The summed E-state index contributed by atoms with van der Waals surface area (Å²) in [6.45, 7) is -0.928. The number of hydrogen-bond donors (Lipinski definition) is 7. The molecule has 2 aliphatic heterocycles. The van der Waals surface area contributed by atoms with Gasteiger partial charge in [-0.2, -0.15) is 8.78 Å². The van der Waals surface area contributed by atoms with Crippen LogP contribution in [0.1, 0.15) is 37.7 Å². The third kappa shape index (κ3) is 7.17. The lowest BCUT2D eigenvalue weighted by molar-refractivity contribution is -0.325. The first kappa shape index (κ1) is 32.7. The Labute approximate surface area is 234 Å². The second-order valence-electron chi connectivity index (χ2n) is 10.2. The van der Waals surface area contributed by atoms with Crippen LogP contribution < -0.4 is 11.1 Å². The van der Waals surface area contributed by atoms with Crippen molar-refractivity contribution in [3.63, 3.8) is 0 Å². The topological polar surface area (TPSA) is 212 Å². The molecule has 0 unspecified atom stereocenters. The van der Waals surface area contributed by atoms with Gasteiger partial charge in [0.1, 0.15) is 37.1 Å². The van der Waals surface area contributed by atoms with Crippen LogP contribution in [0, 0.1) is 0 Å². The van der Waals surface area contributed by atoms with Gasteiger partial charge in [-0.05, 0) is 37.7 Å². The molecule has 2 saturated heterocycles. The van der Waals surface area contributed by atoms with Crippen molar-refractivity contribution in [2.45, 2.75) is 86.9 Å². The lowest BCUT2D eigenvalue weighted by atomic mass is 9.97. The van der Waals surface area contributed by atoms with Crippen LogP contribution in [0.15, 0.2) is 30.3 Å². The standard InChI is InChI=1S/C26H37F2N3O10/c27-25(28,26(39)21(35)19(34)20(41-26)18(33)13-32)24(38)30-11-5-4-9-16(29)22(36)31-12-6-10-17(31)23(37)40-14-15-7-2-1-3-8-15/h1-3,7-8,16-21,32-35,39H,4-6,9-14,29H2,(H,30,38)/t16-,17-,18-,19+,20-,21+,26+/m0/s1. The minimum Gasteiger partial charge on any atom is -0.459 e. The summed E-state index contributed by atoms with van der Waals surface area (Å²) in [6, 6.07) is 7.35. The van der Waals surface area contributed by atoms with Crippen molar-refractivity contribution in [1.82, 2.24) is 10.2 Å². The quantitative estimate of drug-likeness (QED) is 0.100. The predicted molar refractivity (Wildman–Crippen MR) is 136 cm³/mol. The summed E-state index contributed by atoms with van der Waals surface area (Å²) >= 11 is 0. The molecule has 0 radical (unpaired) electrons. The number of aliphatic hydroxyl groups is 5. The van der Waals surface area contributed by atoms with Gasteiger partial charge < -0.3 is 51.0 Å². The lowest BCUT2D eigenvalue weighted by Gasteiger charge is -2.33. The smallest absolute Gasteiger partial charge is 0.379 e. The van der Waals surface area contributed by atoms with Gasteiger partial charge >= 0.3 is 11.9 Å². The molecular formula is C26H37F2N3O10. The minimum atomic E-state index is -4.75. The molecule has 7 atom stereocenters. The van der Waals surface area contributed by atoms with Gasteiger partial charge in [-0.3, -0.25) is 9.59 Å². The monoisotopic (exact) mass is 589 g/mol. The number of nitrogens with two attached hydrogens (primary N) is 1. The Bertz CT molecular complexity index is 1050. The predicted octanol–water partition coefficient (Wildman–Crippen LogP) is -1.87.